The van der Waals surface area contributed by atoms with Crippen LogP contribution >= 0.6 is 0 Å². The van der Waals surface area contributed by atoms with Gasteiger partial charge in [0, 0.05) is 40.5 Å². The van der Waals surface area contributed by atoms with Crippen molar-refractivity contribution < 1.29 is 9.53 Å². The Morgan fingerprint density at radius 3 is 2.59 bits per heavy atom. The molecule has 5 heteroatoms. The summed E-state index contributed by atoms with van der Waals surface area (Å²) in [5, 5.41) is 8.33. The van der Waals surface area contributed by atoms with Crippen LogP contribution in [0.25, 0.3) is 22.2 Å². The summed E-state index contributed by atoms with van der Waals surface area (Å²) in [6.07, 6.45) is 1.72. The molecule has 0 aliphatic rings. The van der Waals surface area contributed by atoms with E-state index in [9.17, 15) is 4.79 Å². The minimum Gasteiger partial charge on any atom is -0.457 e. The summed E-state index contributed by atoms with van der Waals surface area (Å²) >= 11 is 0. The number of Topliss-reactive ketones (excluding diaryl/α,β-unsaturated/α-hetero) is 1. The second-order valence-electron chi connectivity index (χ2n) is 6.59. The zero-order valence-corrected chi connectivity index (χ0v) is 15.4. The SMILES string of the molecule is CC(=O)c1ccc(-c2cc(Oc3ccc4c(C)[nH]nc4c3)ccn2)cc1C. The molecule has 5 nitrogen and oxygen atoms in total. The van der Waals surface area contributed by atoms with Gasteiger partial charge in [0.2, 0.25) is 0 Å². The first kappa shape index (κ1) is 17.0. The molecule has 0 unspecified atom stereocenters. The van der Waals surface area contributed by atoms with Gasteiger partial charge in [0.05, 0.1) is 11.2 Å². The molecule has 1 N–H and O–H groups in total. The number of aromatic amines is 1. The smallest absolute Gasteiger partial charge is 0.160 e. The van der Waals surface area contributed by atoms with Gasteiger partial charge in [0.15, 0.2) is 5.78 Å². The van der Waals surface area contributed by atoms with Crippen molar-refractivity contribution in [3.05, 3.63) is 71.5 Å². The van der Waals surface area contributed by atoms with Gasteiger partial charge in [-0.15, -0.1) is 0 Å². The van der Waals surface area contributed by atoms with Crippen molar-refractivity contribution >= 4 is 16.7 Å². The number of nitrogens with one attached hydrogen (secondary N) is 1. The Bertz CT molecular complexity index is 1160. The third-order valence-electron chi connectivity index (χ3n) is 4.59. The maximum Gasteiger partial charge on any atom is 0.160 e. The molecule has 2 aromatic carbocycles. The van der Waals surface area contributed by atoms with Crippen molar-refractivity contribution in [2.75, 3.05) is 0 Å². The number of aryl methyl sites for hydroxylation is 2. The van der Waals surface area contributed by atoms with Crippen LogP contribution in [0.1, 0.15) is 28.5 Å². The fourth-order valence-corrected chi connectivity index (χ4v) is 3.18. The summed E-state index contributed by atoms with van der Waals surface area (Å²) in [6.45, 7) is 5.50. The number of carbonyl (C=O) groups excluding carboxylic acids is 1. The molecule has 0 aliphatic carbocycles. The molecule has 2 aromatic heterocycles. The van der Waals surface area contributed by atoms with Crippen molar-refractivity contribution in [1.29, 1.82) is 0 Å². The number of ketones is 1. The zero-order chi connectivity index (χ0) is 19.0. The molecule has 0 atom stereocenters. The predicted molar refractivity (Wildman–Crippen MR) is 105 cm³/mol. The number of hydrogen-bond donors (Lipinski definition) is 1. The minimum absolute atomic E-state index is 0.0630. The molecule has 0 amide bonds. The van der Waals surface area contributed by atoms with Crippen molar-refractivity contribution in [3.63, 3.8) is 0 Å². The highest BCUT2D eigenvalue weighted by Crippen LogP contribution is 2.29. The van der Waals surface area contributed by atoms with Crippen LogP contribution < -0.4 is 4.74 Å². The monoisotopic (exact) mass is 357 g/mol. The Morgan fingerprint density at radius 1 is 1.00 bits per heavy atom. The van der Waals surface area contributed by atoms with Crippen LogP contribution in [0, 0.1) is 13.8 Å². The van der Waals surface area contributed by atoms with Crippen molar-refractivity contribution in [3.8, 4) is 22.8 Å². The molecule has 0 bridgehead atoms. The summed E-state index contributed by atoms with van der Waals surface area (Å²) in [5.41, 5.74) is 5.31. The van der Waals surface area contributed by atoms with E-state index < -0.39 is 0 Å². The maximum absolute atomic E-state index is 11.6. The van der Waals surface area contributed by atoms with Gasteiger partial charge in [-0.3, -0.25) is 14.9 Å². The average Bonchev–Trinajstić information content (AvgIpc) is 3.02. The number of fused-ring (bicyclic) bond motifs is 1. The molecular formula is C22H19N3O2. The van der Waals surface area contributed by atoms with E-state index in [1.165, 1.54) is 0 Å². The Kier molecular flexibility index (Phi) is 4.20. The summed E-state index contributed by atoms with van der Waals surface area (Å²) in [5.74, 6) is 1.47. The summed E-state index contributed by atoms with van der Waals surface area (Å²) in [6, 6.07) is 15.3. The zero-order valence-electron chi connectivity index (χ0n) is 15.4. The topological polar surface area (TPSA) is 67.9 Å². The van der Waals surface area contributed by atoms with Gasteiger partial charge in [0.25, 0.3) is 0 Å². The summed E-state index contributed by atoms with van der Waals surface area (Å²) in [7, 11) is 0. The van der Waals surface area contributed by atoms with Gasteiger partial charge in [-0.25, -0.2) is 0 Å². The number of pyridine rings is 1. The second-order valence-corrected chi connectivity index (χ2v) is 6.59. The molecule has 0 spiro atoms. The van der Waals surface area contributed by atoms with Crippen LogP contribution in [0.2, 0.25) is 0 Å². The molecule has 0 saturated carbocycles. The Labute approximate surface area is 157 Å². The molecular weight excluding hydrogens is 338 g/mol. The number of rotatable bonds is 4. The molecule has 0 radical (unpaired) electrons. The number of aromatic nitrogens is 3. The van der Waals surface area contributed by atoms with Crippen molar-refractivity contribution in [2.45, 2.75) is 20.8 Å². The van der Waals surface area contributed by atoms with Crippen LogP contribution in [-0.4, -0.2) is 21.0 Å². The lowest BCUT2D eigenvalue weighted by atomic mass is 10.0. The lowest BCUT2D eigenvalue weighted by Gasteiger charge is -2.09. The van der Waals surface area contributed by atoms with Gasteiger partial charge in [-0.05, 0) is 50.6 Å². The maximum atomic E-state index is 11.6. The number of carbonyl (C=O) groups is 1. The first-order valence-corrected chi connectivity index (χ1v) is 8.72. The van der Waals surface area contributed by atoms with Gasteiger partial charge >= 0.3 is 0 Å². The third-order valence-corrected chi connectivity index (χ3v) is 4.59. The number of hydrogen-bond acceptors (Lipinski definition) is 4. The molecule has 0 fully saturated rings. The van der Waals surface area contributed by atoms with E-state index in [1.807, 2.05) is 62.4 Å². The van der Waals surface area contributed by atoms with Gasteiger partial charge in [0.1, 0.15) is 11.5 Å². The summed E-state index contributed by atoms with van der Waals surface area (Å²) in [4.78, 5) is 16.1. The molecule has 0 aliphatic heterocycles. The average molecular weight is 357 g/mol. The first-order valence-electron chi connectivity index (χ1n) is 8.72. The van der Waals surface area contributed by atoms with Crippen LogP contribution in [0.4, 0.5) is 0 Å². The molecule has 4 aromatic rings. The second kappa shape index (κ2) is 6.68. The van der Waals surface area contributed by atoms with Gasteiger partial charge in [-0.2, -0.15) is 5.10 Å². The van der Waals surface area contributed by atoms with Gasteiger partial charge in [-0.1, -0.05) is 12.1 Å². The first-order chi connectivity index (χ1) is 13.0. The Morgan fingerprint density at radius 2 is 1.81 bits per heavy atom. The third kappa shape index (κ3) is 3.31. The summed E-state index contributed by atoms with van der Waals surface area (Å²) < 4.78 is 6.00. The Balaban J connectivity index is 1.63. The fraction of sp³-hybridized carbons (Fsp3) is 0.136. The van der Waals surface area contributed by atoms with E-state index in [2.05, 4.69) is 15.2 Å². The lowest BCUT2D eigenvalue weighted by molar-refractivity contribution is 0.101. The largest absolute Gasteiger partial charge is 0.457 e. The molecule has 4 rings (SSSR count). The number of benzene rings is 2. The van der Waals surface area contributed by atoms with E-state index in [0.717, 1.165) is 39.0 Å². The number of ether oxygens (including phenoxy) is 1. The van der Waals surface area contributed by atoms with Crippen LogP contribution in [-0.2, 0) is 0 Å². The van der Waals surface area contributed by atoms with E-state index in [-0.39, 0.29) is 5.78 Å². The highest BCUT2D eigenvalue weighted by molar-refractivity contribution is 5.96. The lowest BCUT2D eigenvalue weighted by Crippen LogP contribution is -1.96. The molecule has 2 heterocycles. The molecule has 27 heavy (non-hydrogen) atoms. The Hall–Kier alpha value is -3.47. The van der Waals surface area contributed by atoms with E-state index in [4.69, 9.17) is 4.74 Å². The molecule has 134 valence electrons. The van der Waals surface area contributed by atoms with Gasteiger partial charge < -0.3 is 4.74 Å². The highest BCUT2D eigenvalue weighted by atomic mass is 16.5. The van der Waals surface area contributed by atoms with Crippen molar-refractivity contribution in [2.24, 2.45) is 0 Å². The fourth-order valence-electron chi connectivity index (χ4n) is 3.18. The number of nitrogens with zero attached hydrogens (tertiary/aromatic N) is 2. The highest BCUT2D eigenvalue weighted by Gasteiger charge is 2.09. The van der Waals surface area contributed by atoms with Crippen LogP contribution in [0.3, 0.4) is 0 Å². The predicted octanol–water partition coefficient (Wildman–Crippen LogP) is 5.24. The minimum atomic E-state index is 0.0630. The van der Waals surface area contributed by atoms with E-state index >= 15 is 0 Å². The number of H-pyrrole nitrogens is 1. The van der Waals surface area contributed by atoms with E-state index in [1.54, 1.807) is 13.1 Å². The quantitative estimate of drug-likeness (QED) is 0.507. The van der Waals surface area contributed by atoms with Crippen molar-refractivity contribution in [1.82, 2.24) is 15.2 Å². The molecule has 0 saturated heterocycles. The van der Waals surface area contributed by atoms with E-state index in [0.29, 0.717) is 11.5 Å². The standard InChI is InChI=1S/C22H19N3O2/c1-13-10-16(4-6-19(13)15(3)26)21-11-18(8-9-23-21)27-17-5-7-20-14(2)24-25-22(20)12-17/h4-12H,1-3H3,(H,24,25). The normalized spacial score (nSPS) is 10.9. The van der Waals surface area contributed by atoms with Crippen LogP contribution in [0.15, 0.2) is 54.7 Å². The van der Waals surface area contributed by atoms with Crippen LogP contribution in [0.5, 0.6) is 11.5 Å².